The molecule has 0 aliphatic rings. The highest BCUT2D eigenvalue weighted by Gasteiger charge is 2.20. The van der Waals surface area contributed by atoms with Gasteiger partial charge in [-0.3, -0.25) is 4.79 Å². The summed E-state index contributed by atoms with van der Waals surface area (Å²) >= 11 is 4.57. The van der Waals surface area contributed by atoms with Gasteiger partial charge in [0.1, 0.15) is 0 Å². The number of thioether (sulfide) groups is 1. The molecule has 0 fully saturated rings. The number of nitrogens with zero attached hydrogens (tertiary/aromatic N) is 6. The third kappa shape index (κ3) is 5.05. The Bertz CT molecular complexity index is 1100. The fourth-order valence-electron chi connectivity index (χ4n) is 3.03. The lowest BCUT2D eigenvalue weighted by Crippen LogP contribution is -2.33. The molecule has 11 heteroatoms. The minimum Gasteiger partial charge on any atom is -0.418 e. The Morgan fingerprint density at radius 3 is 2.55 bits per heavy atom. The average Bonchev–Trinajstić information content (AvgIpc) is 3.57. The van der Waals surface area contributed by atoms with Crippen LogP contribution in [0.1, 0.15) is 26.2 Å². The van der Waals surface area contributed by atoms with Gasteiger partial charge in [0.25, 0.3) is 5.89 Å². The molecular formula is C20H22N6O2S3. The lowest BCUT2D eigenvalue weighted by atomic mass is 10.4. The zero-order valence-electron chi connectivity index (χ0n) is 17.2. The van der Waals surface area contributed by atoms with Gasteiger partial charge in [-0.1, -0.05) is 30.8 Å². The maximum atomic E-state index is 12.9. The quantitative estimate of drug-likeness (QED) is 0.309. The van der Waals surface area contributed by atoms with Crippen LogP contribution >= 0.6 is 34.4 Å². The van der Waals surface area contributed by atoms with E-state index in [0.29, 0.717) is 24.9 Å². The molecule has 4 rings (SSSR count). The molecule has 4 heterocycles. The van der Waals surface area contributed by atoms with Crippen LogP contribution in [0.2, 0.25) is 0 Å². The second kappa shape index (κ2) is 10.2. The number of amides is 1. The van der Waals surface area contributed by atoms with Gasteiger partial charge in [0, 0.05) is 13.1 Å². The fraction of sp³-hybridized carbons (Fsp3) is 0.350. The van der Waals surface area contributed by atoms with E-state index in [9.17, 15) is 4.79 Å². The summed E-state index contributed by atoms with van der Waals surface area (Å²) in [7, 11) is 0. The third-order valence-corrected chi connectivity index (χ3v) is 7.15. The molecule has 0 atom stereocenters. The van der Waals surface area contributed by atoms with Crippen molar-refractivity contribution in [2.24, 2.45) is 0 Å². The zero-order chi connectivity index (χ0) is 21.6. The fourth-order valence-corrected chi connectivity index (χ4v) is 5.30. The van der Waals surface area contributed by atoms with Crippen molar-refractivity contribution in [1.82, 2.24) is 29.9 Å². The van der Waals surface area contributed by atoms with E-state index in [2.05, 4.69) is 27.3 Å². The predicted octanol–water partition coefficient (Wildman–Crippen LogP) is 4.67. The number of rotatable bonds is 10. The van der Waals surface area contributed by atoms with Crippen molar-refractivity contribution in [2.45, 2.75) is 38.5 Å². The van der Waals surface area contributed by atoms with Gasteiger partial charge in [0.2, 0.25) is 11.8 Å². The van der Waals surface area contributed by atoms with Crippen LogP contribution in [0.4, 0.5) is 0 Å². The first-order valence-corrected chi connectivity index (χ1v) is 12.7. The van der Waals surface area contributed by atoms with Crippen LogP contribution in [0, 0.1) is 0 Å². The summed E-state index contributed by atoms with van der Waals surface area (Å²) in [5.41, 5.74) is 0. The summed E-state index contributed by atoms with van der Waals surface area (Å²) in [6.45, 7) is 5.75. The van der Waals surface area contributed by atoms with E-state index in [1.54, 1.807) is 27.6 Å². The van der Waals surface area contributed by atoms with E-state index < -0.39 is 0 Å². The summed E-state index contributed by atoms with van der Waals surface area (Å²) in [5.74, 6) is 2.04. The van der Waals surface area contributed by atoms with Crippen molar-refractivity contribution < 1.29 is 9.21 Å². The molecule has 1 amide bonds. The molecule has 0 saturated heterocycles. The first-order valence-electron chi connectivity index (χ1n) is 9.93. The van der Waals surface area contributed by atoms with Crippen molar-refractivity contribution in [3.8, 4) is 21.5 Å². The molecule has 0 bridgehead atoms. The monoisotopic (exact) mass is 474 g/mol. The van der Waals surface area contributed by atoms with Gasteiger partial charge in [-0.15, -0.1) is 43.1 Å². The molecule has 0 radical (unpaired) electrons. The summed E-state index contributed by atoms with van der Waals surface area (Å²) in [6, 6.07) is 7.89. The maximum absolute atomic E-state index is 12.9. The number of hydrogen-bond donors (Lipinski definition) is 0. The Hall–Kier alpha value is -2.50. The molecule has 0 aliphatic carbocycles. The number of carbonyl (C=O) groups is 1. The Morgan fingerprint density at radius 2 is 1.87 bits per heavy atom. The molecule has 4 aromatic heterocycles. The molecule has 8 nitrogen and oxygen atoms in total. The molecule has 0 unspecified atom stereocenters. The number of hydrogen-bond acceptors (Lipinski definition) is 9. The van der Waals surface area contributed by atoms with E-state index >= 15 is 0 Å². The molecule has 31 heavy (non-hydrogen) atoms. The second-order valence-corrected chi connectivity index (χ2v) is 9.45. The first-order chi connectivity index (χ1) is 15.2. The standard InChI is InChI=1S/C20H22N6O2S3/c1-3-9-25(12-16-21-23-19(28-16)15-8-6-11-30-15)17(27)13-31-20-24-22-18(26(20)4-2)14-7-5-10-29-14/h5-8,10-11H,3-4,9,12-13H2,1-2H3. The van der Waals surface area contributed by atoms with Crippen LogP contribution in [0.5, 0.6) is 0 Å². The molecule has 0 aromatic carbocycles. The Kier molecular flexibility index (Phi) is 7.15. The van der Waals surface area contributed by atoms with Crippen LogP contribution in [0.15, 0.2) is 44.6 Å². The number of carbonyl (C=O) groups excluding carboxylic acids is 1. The highest BCUT2D eigenvalue weighted by Crippen LogP contribution is 2.27. The van der Waals surface area contributed by atoms with Crippen LogP contribution in [0.25, 0.3) is 21.5 Å². The lowest BCUT2D eigenvalue weighted by Gasteiger charge is -2.20. The summed E-state index contributed by atoms with van der Waals surface area (Å²) < 4.78 is 7.80. The second-order valence-electron chi connectivity index (χ2n) is 6.61. The van der Waals surface area contributed by atoms with E-state index in [0.717, 1.165) is 33.7 Å². The highest BCUT2D eigenvalue weighted by atomic mass is 32.2. The van der Waals surface area contributed by atoms with Gasteiger partial charge in [-0.25, -0.2) is 0 Å². The zero-order valence-corrected chi connectivity index (χ0v) is 19.7. The molecule has 162 valence electrons. The predicted molar refractivity (Wildman–Crippen MR) is 123 cm³/mol. The van der Waals surface area contributed by atoms with Gasteiger partial charge in [0.15, 0.2) is 11.0 Å². The molecule has 0 saturated carbocycles. The summed E-state index contributed by atoms with van der Waals surface area (Å²) in [4.78, 5) is 16.7. The number of aromatic nitrogens is 5. The number of thiophene rings is 2. The minimum atomic E-state index is 0.00560. The highest BCUT2D eigenvalue weighted by molar-refractivity contribution is 7.99. The van der Waals surface area contributed by atoms with E-state index in [4.69, 9.17) is 4.42 Å². The Balaban J connectivity index is 1.41. The topological polar surface area (TPSA) is 89.9 Å². The van der Waals surface area contributed by atoms with Crippen molar-refractivity contribution in [1.29, 1.82) is 0 Å². The van der Waals surface area contributed by atoms with Gasteiger partial charge in [-0.2, -0.15) is 0 Å². The van der Waals surface area contributed by atoms with E-state index in [-0.39, 0.29) is 11.7 Å². The summed E-state index contributed by atoms with van der Waals surface area (Å²) in [5, 5.41) is 21.6. The van der Waals surface area contributed by atoms with Crippen LogP contribution in [-0.2, 0) is 17.9 Å². The van der Waals surface area contributed by atoms with Crippen LogP contribution < -0.4 is 0 Å². The Labute approximate surface area is 192 Å². The normalized spacial score (nSPS) is 11.2. The van der Waals surface area contributed by atoms with Crippen molar-refractivity contribution in [3.63, 3.8) is 0 Å². The SMILES string of the molecule is CCCN(Cc1nnc(-c2cccs2)o1)C(=O)CSc1nnc(-c2cccs2)n1CC. The third-order valence-electron chi connectivity index (χ3n) is 4.47. The molecule has 4 aromatic rings. The molecular weight excluding hydrogens is 452 g/mol. The van der Waals surface area contributed by atoms with Crippen LogP contribution in [0.3, 0.4) is 0 Å². The van der Waals surface area contributed by atoms with E-state index in [1.807, 2.05) is 46.5 Å². The van der Waals surface area contributed by atoms with Gasteiger partial charge < -0.3 is 13.9 Å². The van der Waals surface area contributed by atoms with Gasteiger partial charge in [-0.05, 0) is 36.2 Å². The first kappa shape index (κ1) is 21.7. The summed E-state index contributed by atoms with van der Waals surface area (Å²) in [6.07, 6.45) is 0.843. The largest absolute Gasteiger partial charge is 0.418 e. The maximum Gasteiger partial charge on any atom is 0.257 e. The molecule has 0 spiro atoms. The molecule has 0 aliphatic heterocycles. The Morgan fingerprint density at radius 1 is 1.10 bits per heavy atom. The lowest BCUT2D eigenvalue weighted by molar-refractivity contribution is -0.129. The average molecular weight is 475 g/mol. The minimum absolute atomic E-state index is 0.00560. The van der Waals surface area contributed by atoms with Crippen molar-refractivity contribution in [2.75, 3.05) is 12.3 Å². The van der Waals surface area contributed by atoms with Crippen LogP contribution in [-0.4, -0.2) is 48.1 Å². The van der Waals surface area contributed by atoms with Gasteiger partial charge in [0.05, 0.1) is 22.1 Å². The van der Waals surface area contributed by atoms with Crippen molar-refractivity contribution in [3.05, 3.63) is 40.9 Å². The molecule has 0 N–H and O–H groups in total. The van der Waals surface area contributed by atoms with Gasteiger partial charge >= 0.3 is 0 Å². The van der Waals surface area contributed by atoms with E-state index in [1.165, 1.54) is 11.8 Å². The smallest absolute Gasteiger partial charge is 0.257 e. The van der Waals surface area contributed by atoms with Crippen molar-refractivity contribution >= 4 is 40.3 Å².